The normalized spacial score (nSPS) is 10.8. The lowest BCUT2D eigenvalue weighted by Crippen LogP contribution is -1.95. The van der Waals surface area contributed by atoms with Gasteiger partial charge in [-0.25, -0.2) is 8.78 Å². The SMILES string of the molecule is CCCOc1ccc(-c2c(F)cccc2-c2ccc(CCC)c(F)c2)cc1. The van der Waals surface area contributed by atoms with Crippen LogP contribution >= 0.6 is 0 Å². The summed E-state index contributed by atoms with van der Waals surface area (Å²) < 4.78 is 34.7. The number of hydrogen-bond acceptors (Lipinski definition) is 1. The molecule has 0 saturated heterocycles. The van der Waals surface area contributed by atoms with Crippen molar-refractivity contribution in [1.29, 1.82) is 0 Å². The smallest absolute Gasteiger partial charge is 0.131 e. The molecule has 1 nitrogen and oxygen atoms in total. The molecule has 0 saturated carbocycles. The Balaban J connectivity index is 2.01. The van der Waals surface area contributed by atoms with Gasteiger partial charge in [-0.05, 0) is 59.4 Å². The summed E-state index contributed by atoms with van der Waals surface area (Å²) in [5, 5.41) is 0. The van der Waals surface area contributed by atoms with E-state index in [-0.39, 0.29) is 11.6 Å². The van der Waals surface area contributed by atoms with E-state index in [1.54, 1.807) is 12.1 Å². The van der Waals surface area contributed by atoms with Crippen LogP contribution in [0.5, 0.6) is 5.75 Å². The summed E-state index contributed by atoms with van der Waals surface area (Å²) in [6.07, 6.45) is 2.51. The molecule has 0 aromatic heterocycles. The van der Waals surface area contributed by atoms with Crippen LogP contribution in [0.2, 0.25) is 0 Å². The average molecular weight is 366 g/mol. The second-order valence-electron chi connectivity index (χ2n) is 6.59. The quantitative estimate of drug-likeness (QED) is 0.436. The molecule has 27 heavy (non-hydrogen) atoms. The molecule has 0 amide bonds. The predicted molar refractivity (Wildman–Crippen MR) is 107 cm³/mol. The predicted octanol–water partition coefficient (Wildman–Crippen LogP) is 7.04. The molecule has 3 aromatic rings. The Labute approximate surface area is 159 Å². The maximum atomic E-state index is 14.7. The second kappa shape index (κ2) is 8.81. The van der Waals surface area contributed by atoms with Gasteiger partial charge in [-0.2, -0.15) is 0 Å². The third-order valence-electron chi connectivity index (χ3n) is 4.51. The van der Waals surface area contributed by atoms with Gasteiger partial charge in [0.2, 0.25) is 0 Å². The first-order valence-electron chi connectivity index (χ1n) is 9.44. The first-order chi connectivity index (χ1) is 13.1. The molecule has 0 aliphatic heterocycles. The highest BCUT2D eigenvalue weighted by molar-refractivity contribution is 5.84. The molecule has 3 heteroatoms. The second-order valence-corrected chi connectivity index (χ2v) is 6.59. The summed E-state index contributed by atoms with van der Waals surface area (Å²) in [5.41, 5.74) is 3.26. The monoisotopic (exact) mass is 366 g/mol. The van der Waals surface area contributed by atoms with Crippen LogP contribution < -0.4 is 4.74 Å². The van der Waals surface area contributed by atoms with Gasteiger partial charge in [-0.1, -0.05) is 56.7 Å². The highest BCUT2D eigenvalue weighted by atomic mass is 19.1. The Morgan fingerprint density at radius 1 is 0.778 bits per heavy atom. The van der Waals surface area contributed by atoms with Crippen LogP contribution in [-0.4, -0.2) is 6.61 Å². The number of ether oxygens (including phenoxy) is 1. The van der Waals surface area contributed by atoms with E-state index in [0.717, 1.165) is 24.2 Å². The zero-order valence-corrected chi connectivity index (χ0v) is 15.8. The Morgan fingerprint density at radius 3 is 2.19 bits per heavy atom. The fraction of sp³-hybridized carbons (Fsp3) is 0.250. The van der Waals surface area contributed by atoms with Crippen LogP contribution in [0, 0.1) is 11.6 Å². The first-order valence-corrected chi connectivity index (χ1v) is 9.44. The summed E-state index contributed by atoms with van der Waals surface area (Å²) >= 11 is 0. The molecule has 0 fully saturated rings. The Hall–Kier alpha value is -2.68. The minimum atomic E-state index is -0.326. The van der Waals surface area contributed by atoms with E-state index >= 15 is 0 Å². The van der Waals surface area contributed by atoms with Crippen molar-refractivity contribution < 1.29 is 13.5 Å². The first kappa shape index (κ1) is 19.1. The van der Waals surface area contributed by atoms with Crippen LogP contribution in [0.4, 0.5) is 8.78 Å². The molecule has 0 spiro atoms. The van der Waals surface area contributed by atoms with Gasteiger partial charge >= 0.3 is 0 Å². The Kier molecular flexibility index (Phi) is 6.23. The van der Waals surface area contributed by atoms with Crippen molar-refractivity contribution in [3.8, 4) is 28.0 Å². The van der Waals surface area contributed by atoms with Crippen molar-refractivity contribution in [2.75, 3.05) is 6.61 Å². The van der Waals surface area contributed by atoms with Gasteiger partial charge in [0.25, 0.3) is 0 Å². The van der Waals surface area contributed by atoms with Crippen LogP contribution in [0.15, 0.2) is 60.7 Å². The van der Waals surface area contributed by atoms with E-state index in [4.69, 9.17) is 4.74 Å². The molecule has 0 atom stereocenters. The van der Waals surface area contributed by atoms with E-state index in [1.807, 2.05) is 50.2 Å². The zero-order chi connectivity index (χ0) is 19.2. The topological polar surface area (TPSA) is 9.23 Å². The number of rotatable bonds is 7. The van der Waals surface area contributed by atoms with Gasteiger partial charge in [0.15, 0.2) is 0 Å². The molecule has 0 aliphatic carbocycles. The van der Waals surface area contributed by atoms with Crippen LogP contribution in [0.3, 0.4) is 0 Å². The largest absolute Gasteiger partial charge is 0.494 e. The van der Waals surface area contributed by atoms with E-state index in [9.17, 15) is 8.78 Å². The zero-order valence-electron chi connectivity index (χ0n) is 15.8. The van der Waals surface area contributed by atoms with Gasteiger partial charge in [-0.3, -0.25) is 0 Å². The number of benzene rings is 3. The van der Waals surface area contributed by atoms with Gasteiger partial charge in [-0.15, -0.1) is 0 Å². The van der Waals surface area contributed by atoms with Crippen molar-refractivity contribution in [2.45, 2.75) is 33.1 Å². The lowest BCUT2D eigenvalue weighted by molar-refractivity contribution is 0.317. The average Bonchev–Trinajstić information content (AvgIpc) is 2.68. The van der Waals surface area contributed by atoms with Crippen molar-refractivity contribution in [2.24, 2.45) is 0 Å². The lowest BCUT2D eigenvalue weighted by atomic mass is 9.93. The number of halogens is 2. The number of hydrogen-bond donors (Lipinski definition) is 0. The van der Waals surface area contributed by atoms with Gasteiger partial charge < -0.3 is 4.74 Å². The van der Waals surface area contributed by atoms with Gasteiger partial charge in [0.05, 0.1) is 6.61 Å². The van der Waals surface area contributed by atoms with E-state index < -0.39 is 0 Å². The highest BCUT2D eigenvalue weighted by Gasteiger charge is 2.14. The van der Waals surface area contributed by atoms with Crippen LogP contribution in [0.25, 0.3) is 22.3 Å². The minimum Gasteiger partial charge on any atom is -0.494 e. The Morgan fingerprint density at radius 2 is 1.52 bits per heavy atom. The van der Waals surface area contributed by atoms with E-state index in [2.05, 4.69) is 0 Å². The molecule has 0 heterocycles. The van der Waals surface area contributed by atoms with E-state index in [0.29, 0.717) is 35.3 Å². The van der Waals surface area contributed by atoms with Crippen molar-refractivity contribution in [3.05, 3.63) is 77.9 Å². The van der Waals surface area contributed by atoms with Crippen molar-refractivity contribution in [1.82, 2.24) is 0 Å². The summed E-state index contributed by atoms with van der Waals surface area (Å²) in [6, 6.07) is 17.4. The molecule has 0 N–H and O–H groups in total. The molecule has 3 rings (SSSR count). The molecular formula is C24H24F2O. The molecule has 0 radical (unpaired) electrons. The summed E-state index contributed by atoms with van der Waals surface area (Å²) in [7, 11) is 0. The standard InChI is InChI=1S/C24H24F2O/c1-3-6-17-9-10-19(16-23(17)26)21-7-5-8-22(25)24(21)18-11-13-20(14-12-18)27-15-4-2/h5,7-14,16H,3-4,6,15H2,1-2H3. The molecule has 140 valence electrons. The van der Waals surface area contributed by atoms with Crippen molar-refractivity contribution in [3.63, 3.8) is 0 Å². The number of aryl methyl sites for hydroxylation is 1. The molecule has 0 aliphatic rings. The fourth-order valence-electron chi connectivity index (χ4n) is 3.18. The lowest BCUT2D eigenvalue weighted by Gasteiger charge is -2.13. The Bertz CT molecular complexity index is 901. The van der Waals surface area contributed by atoms with Crippen LogP contribution in [0.1, 0.15) is 32.3 Å². The van der Waals surface area contributed by atoms with E-state index in [1.165, 1.54) is 12.1 Å². The van der Waals surface area contributed by atoms with Gasteiger partial charge in [0.1, 0.15) is 17.4 Å². The van der Waals surface area contributed by atoms with Crippen LogP contribution in [-0.2, 0) is 6.42 Å². The molecule has 3 aromatic carbocycles. The summed E-state index contributed by atoms with van der Waals surface area (Å²) in [6.45, 7) is 4.71. The summed E-state index contributed by atoms with van der Waals surface area (Å²) in [5.74, 6) is 0.189. The maximum absolute atomic E-state index is 14.7. The van der Waals surface area contributed by atoms with Gasteiger partial charge in [0, 0.05) is 5.56 Å². The van der Waals surface area contributed by atoms with Crippen molar-refractivity contribution >= 4 is 0 Å². The third kappa shape index (κ3) is 4.36. The summed E-state index contributed by atoms with van der Waals surface area (Å²) in [4.78, 5) is 0. The maximum Gasteiger partial charge on any atom is 0.131 e. The fourth-order valence-corrected chi connectivity index (χ4v) is 3.18. The minimum absolute atomic E-state index is 0.243. The molecular weight excluding hydrogens is 342 g/mol. The third-order valence-corrected chi connectivity index (χ3v) is 4.51. The molecule has 0 bridgehead atoms. The highest BCUT2D eigenvalue weighted by Crippen LogP contribution is 2.35. The molecule has 0 unspecified atom stereocenters.